The Morgan fingerprint density at radius 2 is 1.70 bits per heavy atom. The smallest absolute Gasteiger partial charge is 0.325 e. The van der Waals surface area contributed by atoms with E-state index in [1.54, 1.807) is 6.92 Å². The van der Waals surface area contributed by atoms with E-state index in [1.807, 2.05) is 0 Å². The quantitative estimate of drug-likeness (QED) is 0.0722. The van der Waals surface area contributed by atoms with Gasteiger partial charge in [-0.05, 0) is 105 Å². The standard InChI is InChI=1S/C43H69N3O10/c1-10-54-33(48)22-46-38(52)45-20-12-11-13-30(44)37(51)56-35-31(55-27(5)47)21-43-24-53-23-40(35,7)32(43)15-14-28-29(43)16-17-42(9)34(36(49)50)39(6,26(4)25(2)3)18-19-41(28,42)8/h16,25-26,28,30-32,34-35H,10-15,17-24,44H2,1-9H3,(H,49,50)(H2,45,46,52)/t26-,28+,30?,31-,32+,34-,35+,39-,40-,41-,42+,43+/m1/s1. The predicted molar refractivity (Wildman–Crippen MR) is 209 cm³/mol. The van der Waals surface area contributed by atoms with Gasteiger partial charge in [-0.25, -0.2) is 4.79 Å². The number of amides is 2. The molecule has 0 spiro atoms. The van der Waals surface area contributed by atoms with Gasteiger partial charge in [0.1, 0.15) is 24.8 Å². The van der Waals surface area contributed by atoms with Gasteiger partial charge >= 0.3 is 29.9 Å². The number of carboxylic acid groups (broad SMARTS) is 1. The second kappa shape index (κ2) is 16.6. The second-order valence-electron chi connectivity index (χ2n) is 19.1. The van der Waals surface area contributed by atoms with E-state index in [9.17, 15) is 29.1 Å². The van der Waals surface area contributed by atoms with Crippen LogP contribution in [0.1, 0.15) is 120 Å². The van der Waals surface area contributed by atoms with E-state index in [1.165, 1.54) is 12.5 Å². The number of urea groups is 1. The van der Waals surface area contributed by atoms with Crippen molar-refractivity contribution in [2.45, 2.75) is 138 Å². The number of rotatable bonds is 14. The molecule has 5 aliphatic rings. The molecule has 13 nitrogen and oxygen atoms in total. The van der Waals surface area contributed by atoms with Crippen LogP contribution in [0.3, 0.4) is 0 Å². The van der Waals surface area contributed by atoms with Crippen molar-refractivity contribution in [1.82, 2.24) is 10.6 Å². The Morgan fingerprint density at radius 3 is 2.34 bits per heavy atom. The maximum atomic E-state index is 13.7. The second-order valence-corrected chi connectivity index (χ2v) is 19.1. The molecule has 4 aliphatic carbocycles. The number of fused-ring (bicyclic) bond motifs is 3. The number of nitrogens with two attached hydrogens (primary N) is 1. The molecule has 2 bridgehead atoms. The lowest BCUT2D eigenvalue weighted by molar-refractivity contribution is -0.263. The molecule has 0 aromatic rings. The summed E-state index contributed by atoms with van der Waals surface area (Å²) in [6, 6.07) is -1.41. The van der Waals surface area contributed by atoms with Crippen LogP contribution in [0.15, 0.2) is 11.6 Å². The van der Waals surface area contributed by atoms with Gasteiger partial charge in [-0.3, -0.25) is 19.2 Å². The minimum atomic E-state index is -0.919. The first-order valence-electron chi connectivity index (χ1n) is 21.0. The lowest BCUT2D eigenvalue weighted by Crippen LogP contribution is -2.70. The first kappa shape index (κ1) is 43.9. The molecule has 13 heteroatoms. The third kappa shape index (κ3) is 7.60. The highest BCUT2D eigenvalue weighted by molar-refractivity contribution is 5.80. The van der Waals surface area contributed by atoms with Crippen LogP contribution in [0, 0.1) is 56.7 Å². The molecule has 4 fully saturated rings. The number of carbonyl (C=O) groups excluding carboxylic acids is 4. The molecule has 0 aromatic carbocycles. The first-order valence-corrected chi connectivity index (χ1v) is 21.0. The normalized spacial score (nSPS) is 38.3. The summed E-state index contributed by atoms with van der Waals surface area (Å²) in [5, 5.41) is 16.1. The minimum absolute atomic E-state index is 0.0891. The van der Waals surface area contributed by atoms with E-state index >= 15 is 0 Å². The number of nitrogens with one attached hydrogen (secondary N) is 2. The molecule has 1 heterocycles. The first-order chi connectivity index (χ1) is 26.2. The van der Waals surface area contributed by atoms with E-state index in [4.69, 9.17) is 24.7 Å². The molecule has 56 heavy (non-hydrogen) atoms. The van der Waals surface area contributed by atoms with Crippen LogP contribution in [0.2, 0.25) is 0 Å². The number of hydrogen-bond acceptors (Lipinski definition) is 10. The summed E-state index contributed by atoms with van der Waals surface area (Å²) in [4.78, 5) is 63.2. The largest absolute Gasteiger partial charge is 0.481 e. The van der Waals surface area contributed by atoms with Crippen molar-refractivity contribution in [1.29, 1.82) is 0 Å². The maximum absolute atomic E-state index is 13.7. The van der Waals surface area contributed by atoms with Crippen LogP contribution < -0.4 is 16.4 Å². The van der Waals surface area contributed by atoms with Crippen LogP contribution in [0.25, 0.3) is 0 Å². The molecule has 1 aliphatic heterocycles. The topological polar surface area (TPSA) is 193 Å². The summed E-state index contributed by atoms with van der Waals surface area (Å²) in [6.45, 7) is 19.7. The maximum Gasteiger partial charge on any atom is 0.325 e. The molecule has 5 N–H and O–H groups in total. The highest BCUT2D eigenvalue weighted by Gasteiger charge is 2.72. The number of esters is 3. The highest BCUT2D eigenvalue weighted by Crippen LogP contribution is 2.75. The van der Waals surface area contributed by atoms with Crippen molar-refractivity contribution in [3.63, 3.8) is 0 Å². The van der Waals surface area contributed by atoms with Gasteiger partial charge in [0.05, 0.1) is 25.7 Å². The van der Waals surface area contributed by atoms with Crippen molar-refractivity contribution in [3.05, 3.63) is 11.6 Å². The SMILES string of the molecule is CCOC(=O)CNC(=O)NCCCCC(N)C(=O)O[C@H]1[C@H](OC(C)=O)C[C@@]23COC[C@]1(C)[C@@H]2CC[C@H]1C3=CC[C@@]2(C)[C@H](C(=O)O)[C@@](C)([C@H](C)C(C)C)CC[C@]12C. The number of aliphatic carboxylic acids is 1. The van der Waals surface area contributed by atoms with E-state index < -0.39 is 70.3 Å². The van der Waals surface area contributed by atoms with Gasteiger partial charge in [-0.15, -0.1) is 0 Å². The Hall–Kier alpha value is -3.19. The lowest BCUT2D eigenvalue weighted by atomic mass is 9.34. The zero-order chi connectivity index (χ0) is 41.4. The summed E-state index contributed by atoms with van der Waals surface area (Å²) in [7, 11) is 0. The summed E-state index contributed by atoms with van der Waals surface area (Å²) in [5.74, 6) is -1.90. The zero-order valence-corrected chi connectivity index (χ0v) is 35.3. The van der Waals surface area contributed by atoms with Crippen LogP contribution >= 0.6 is 0 Å². The van der Waals surface area contributed by atoms with Crippen molar-refractivity contribution >= 4 is 29.9 Å². The minimum Gasteiger partial charge on any atom is -0.481 e. The number of ether oxygens (including phenoxy) is 4. The van der Waals surface area contributed by atoms with Crippen molar-refractivity contribution in [3.8, 4) is 0 Å². The van der Waals surface area contributed by atoms with Gasteiger partial charge in [-0.1, -0.05) is 60.1 Å². The number of hydrogen-bond donors (Lipinski definition) is 4. The average molecular weight is 788 g/mol. The number of carboxylic acids is 1. The van der Waals surface area contributed by atoms with Crippen LogP contribution in [0.5, 0.6) is 0 Å². The molecule has 3 saturated carbocycles. The van der Waals surface area contributed by atoms with Gasteiger partial charge in [0.15, 0.2) is 0 Å². The van der Waals surface area contributed by atoms with Gasteiger partial charge in [0.2, 0.25) is 0 Å². The third-order valence-electron chi connectivity index (χ3n) is 15.9. The van der Waals surface area contributed by atoms with E-state index in [0.717, 1.165) is 25.7 Å². The van der Waals surface area contributed by atoms with Gasteiger partial charge in [0, 0.05) is 24.3 Å². The fourth-order valence-corrected chi connectivity index (χ4v) is 12.6. The van der Waals surface area contributed by atoms with Crippen molar-refractivity contribution in [2.24, 2.45) is 62.4 Å². The number of carbonyl (C=O) groups is 5. The molecule has 12 atom stereocenters. The van der Waals surface area contributed by atoms with Crippen molar-refractivity contribution < 1.29 is 48.0 Å². The van der Waals surface area contributed by atoms with Crippen LogP contribution in [-0.4, -0.2) is 86.2 Å². The van der Waals surface area contributed by atoms with E-state index in [-0.39, 0.29) is 41.7 Å². The highest BCUT2D eigenvalue weighted by atomic mass is 16.6. The molecule has 1 unspecified atom stereocenters. The van der Waals surface area contributed by atoms with Gasteiger partial charge in [0.25, 0.3) is 0 Å². The molecular weight excluding hydrogens is 718 g/mol. The molecular formula is C43H69N3O10. The number of unbranched alkanes of at least 4 members (excludes halogenated alkanes) is 1. The summed E-state index contributed by atoms with van der Waals surface area (Å²) >= 11 is 0. The predicted octanol–water partition coefficient (Wildman–Crippen LogP) is 5.78. The summed E-state index contributed by atoms with van der Waals surface area (Å²) in [5.41, 5.74) is 5.51. The Morgan fingerprint density at radius 1 is 0.982 bits per heavy atom. The molecule has 0 aromatic heterocycles. The number of allylic oxidation sites excluding steroid dienone is 1. The fourth-order valence-electron chi connectivity index (χ4n) is 12.6. The third-order valence-corrected chi connectivity index (χ3v) is 15.9. The lowest BCUT2D eigenvalue weighted by Gasteiger charge is -2.71. The van der Waals surface area contributed by atoms with Gasteiger partial charge in [-0.2, -0.15) is 0 Å². The molecule has 1 saturated heterocycles. The fraction of sp³-hybridized carbons (Fsp3) is 0.837. The zero-order valence-electron chi connectivity index (χ0n) is 35.3. The van der Waals surface area contributed by atoms with Crippen LogP contribution in [0.4, 0.5) is 4.79 Å². The van der Waals surface area contributed by atoms with Gasteiger partial charge < -0.3 is 40.4 Å². The molecule has 5 rings (SSSR count). The van der Waals surface area contributed by atoms with E-state index in [2.05, 4.69) is 65.2 Å². The molecule has 2 amide bonds. The summed E-state index contributed by atoms with van der Waals surface area (Å²) in [6.07, 6.45) is 6.95. The average Bonchev–Trinajstić information content (AvgIpc) is 3.11. The van der Waals surface area contributed by atoms with Crippen molar-refractivity contribution in [2.75, 3.05) is 32.9 Å². The Bertz CT molecular complexity index is 1550. The Balaban J connectivity index is 1.34. The van der Waals surface area contributed by atoms with E-state index in [0.29, 0.717) is 57.8 Å². The molecule has 0 radical (unpaired) electrons. The monoisotopic (exact) mass is 787 g/mol. The van der Waals surface area contributed by atoms with Crippen LogP contribution in [-0.2, 0) is 38.1 Å². The summed E-state index contributed by atoms with van der Waals surface area (Å²) < 4.78 is 23.7. The Kier molecular flexibility index (Phi) is 13.0. The Labute approximate surface area is 333 Å². The molecule has 316 valence electrons.